The van der Waals surface area contributed by atoms with Crippen molar-refractivity contribution < 1.29 is 4.74 Å². The molecule has 1 saturated carbocycles. The second-order valence-electron chi connectivity index (χ2n) is 4.61. The highest BCUT2D eigenvalue weighted by molar-refractivity contribution is 4.77. The molecule has 1 fully saturated rings. The summed E-state index contributed by atoms with van der Waals surface area (Å²) in [5.41, 5.74) is 0. The molecule has 1 aliphatic carbocycles. The summed E-state index contributed by atoms with van der Waals surface area (Å²) >= 11 is 0. The zero-order chi connectivity index (χ0) is 11.1. The molecule has 1 aliphatic rings. The van der Waals surface area contributed by atoms with E-state index in [1.807, 2.05) is 0 Å². The molecule has 1 rings (SSSR count). The van der Waals surface area contributed by atoms with E-state index >= 15 is 0 Å². The van der Waals surface area contributed by atoms with Crippen LogP contribution in [-0.4, -0.2) is 24.8 Å². The average molecular weight is 213 g/mol. The van der Waals surface area contributed by atoms with Gasteiger partial charge in [-0.2, -0.15) is 0 Å². The fourth-order valence-corrected chi connectivity index (χ4v) is 2.45. The minimum Gasteiger partial charge on any atom is -0.375 e. The number of hydrogen-bond donors (Lipinski definition) is 1. The van der Waals surface area contributed by atoms with Crippen molar-refractivity contribution in [3.63, 3.8) is 0 Å². The lowest BCUT2D eigenvalue weighted by Crippen LogP contribution is -2.36. The van der Waals surface area contributed by atoms with E-state index in [1.165, 1.54) is 25.7 Å². The molecule has 0 saturated heterocycles. The molecule has 0 aromatic rings. The molecule has 1 N–H and O–H groups in total. The molecule has 2 nitrogen and oxygen atoms in total. The number of nitrogens with one attached hydrogen (secondary N) is 1. The lowest BCUT2D eigenvalue weighted by molar-refractivity contribution is -0.0361. The molecule has 2 heteroatoms. The Kier molecular flexibility index (Phi) is 6.26. The third kappa shape index (κ3) is 4.52. The molecule has 0 aliphatic heterocycles. The highest BCUT2D eigenvalue weighted by Gasteiger charge is 2.22. The standard InChI is InChI=1S/C13H27NO/c1-4-12(5-2)15-13-9-7-11(8-10-13)14-6-3/h11-14H,4-10H2,1-3H3. The Balaban J connectivity index is 2.19. The lowest BCUT2D eigenvalue weighted by atomic mass is 9.92. The molecule has 90 valence electrons. The number of ether oxygens (including phenoxy) is 1. The second kappa shape index (κ2) is 7.24. The van der Waals surface area contributed by atoms with Gasteiger partial charge in [0.15, 0.2) is 0 Å². The van der Waals surface area contributed by atoms with E-state index in [1.54, 1.807) is 0 Å². The number of rotatable bonds is 6. The van der Waals surface area contributed by atoms with E-state index in [-0.39, 0.29) is 0 Å². The maximum Gasteiger partial charge on any atom is 0.0580 e. The van der Waals surface area contributed by atoms with Crippen LogP contribution in [0.3, 0.4) is 0 Å². The Bertz CT molecular complexity index is 149. The molecule has 0 bridgehead atoms. The minimum atomic E-state index is 0.491. The van der Waals surface area contributed by atoms with Gasteiger partial charge in [0.25, 0.3) is 0 Å². The van der Waals surface area contributed by atoms with Crippen molar-refractivity contribution in [1.29, 1.82) is 0 Å². The molecule has 0 spiro atoms. The third-order valence-corrected chi connectivity index (χ3v) is 3.46. The van der Waals surface area contributed by atoms with E-state index < -0.39 is 0 Å². The van der Waals surface area contributed by atoms with Crippen molar-refractivity contribution in [3.8, 4) is 0 Å². The van der Waals surface area contributed by atoms with Crippen LogP contribution in [0.2, 0.25) is 0 Å². The minimum absolute atomic E-state index is 0.491. The van der Waals surface area contributed by atoms with Crippen LogP contribution in [0.25, 0.3) is 0 Å². The summed E-state index contributed by atoms with van der Waals surface area (Å²) in [4.78, 5) is 0. The van der Waals surface area contributed by atoms with Crippen molar-refractivity contribution in [1.82, 2.24) is 5.32 Å². The fourth-order valence-electron chi connectivity index (χ4n) is 2.45. The topological polar surface area (TPSA) is 21.3 Å². The summed E-state index contributed by atoms with van der Waals surface area (Å²) in [6, 6.07) is 0.747. The molecule has 0 unspecified atom stereocenters. The van der Waals surface area contributed by atoms with E-state index in [9.17, 15) is 0 Å². The largest absolute Gasteiger partial charge is 0.375 e. The van der Waals surface area contributed by atoms with E-state index in [0.717, 1.165) is 25.4 Å². The van der Waals surface area contributed by atoms with Crippen molar-refractivity contribution >= 4 is 0 Å². The van der Waals surface area contributed by atoms with Crippen LogP contribution in [0.15, 0.2) is 0 Å². The van der Waals surface area contributed by atoms with Gasteiger partial charge in [0.05, 0.1) is 12.2 Å². The van der Waals surface area contributed by atoms with Crippen molar-refractivity contribution in [2.45, 2.75) is 77.5 Å². The Labute approximate surface area is 94.8 Å². The van der Waals surface area contributed by atoms with Crippen LogP contribution in [0.5, 0.6) is 0 Å². The normalized spacial score (nSPS) is 27.2. The van der Waals surface area contributed by atoms with Gasteiger partial charge in [-0.1, -0.05) is 20.8 Å². The SMILES string of the molecule is CCNC1CCC(OC(CC)CC)CC1. The Morgan fingerprint density at radius 3 is 2.13 bits per heavy atom. The van der Waals surface area contributed by atoms with E-state index in [0.29, 0.717) is 12.2 Å². The summed E-state index contributed by atoms with van der Waals surface area (Å²) in [7, 11) is 0. The molecule has 0 heterocycles. The van der Waals surface area contributed by atoms with Crippen molar-refractivity contribution in [2.75, 3.05) is 6.54 Å². The smallest absolute Gasteiger partial charge is 0.0580 e. The monoisotopic (exact) mass is 213 g/mol. The first-order valence-corrected chi connectivity index (χ1v) is 6.68. The Morgan fingerprint density at radius 2 is 1.67 bits per heavy atom. The zero-order valence-corrected chi connectivity index (χ0v) is 10.6. The van der Waals surface area contributed by atoms with Crippen LogP contribution in [0, 0.1) is 0 Å². The van der Waals surface area contributed by atoms with Crippen LogP contribution in [-0.2, 0) is 4.74 Å². The third-order valence-electron chi connectivity index (χ3n) is 3.46. The van der Waals surface area contributed by atoms with Gasteiger partial charge >= 0.3 is 0 Å². The predicted molar refractivity (Wildman–Crippen MR) is 65.2 cm³/mol. The Hall–Kier alpha value is -0.0800. The first-order chi connectivity index (χ1) is 7.30. The molecule has 15 heavy (non-hydrogen) atoms. The van der Waals surface area contributed by atoms with Crippen LogP contribution in [0.1, 0.15) is 59.3 Å². The van der Waals surface area contributed by atoms with Crippen LogP contribution < -0.4 is 5.32 Å². The first kappa shape index (κ1) is 13.0. The van der Waals surface area contributed by atoms with Gasteiger partial charge in [0.2, 0.25) is 0 Å². The van der Waals surface area contributed by atoms with Gasteiger partial charge < -0.3 is 10.1 Å². The van der Waals surface area contributed by atoms with E-state index in [4.69, 9.17) is 4.74 Å². The summed E-state index contributed by atoms with van der Waals surface area (Å²) in [6.45, 7) is 7.73. The first-order valence-electron chi connectivity index (χ1n) is 6.68. The van der Waals surface area contributed by atoms with Crippen LogP contribution >= 0.6 is 0 Å². The maximum atomic E-state index is 6.09. The quantitative estimate of drug-likeness (QED) is 0.732. The number of hydrogen-bond acceptors (Lipinski definition) is 2. The summed E-state index contributed by atoms with van der Waals surface area (Å²) in [5.74, 6) is 0. The molecule has 0 amide bonds. The van der Waals surface area contributed by atoms with Gasteiger partial charge in [-0.05, 0) is 45.1 Å². The highest BCUT2D eigenvalue weighted by atomic mass is 16.5. The van der Waals surface area contributed by atoms with Gasteiger partial charge in [0.1, 0.15) is 0 Å². The maximum absolute atomic E-state index is 6.09. The van der Waals surface area contributed by atoms with Crippen molar-refractivity contribution in [3.05, 3.63) is 0 Å². The highest BCUT2D eigenvalue weighted by Crippen LogP contribution is 2.23. The molecule has 0 atom stereocenters. The van der Waals surface area contributed by atoms with Crippen molar-refractivity contribution in [2.24, 2.45) is 0 Å². The zero-order valence-electron chi connectivity index (χ0n) is 10.6. The van der Waals surface area contributed by atoms with Gasteiger partial charge in [-0.15, -0.1) is 0 Å². The van der Waals surface area contributed by atoms with E-state index in [2.05, 4.69) is 26.1 Å². The van der Waals surface area contributed by atoms with Gasteiger partial charge in [-0.25, -0.2) is 0 Å². The predicted octanol–water partition coefficient (Wildman–Crippen LogP) is 3.11. The summed E-state index contributed by atoms with van der Waals surface area (Å²) in [5, 5.41) is 3.53. The molecule has 0 radical (unpaired) electrons. The fraction of sp³-hybridized carbons (Fsp3) is 1.00. The van der Waals surface area contributed by atoms with Crippen LogP contribution in [0.4, 0.5) is 0 Å². The molecular formula is C13H27NO. The lowest BCUT2D eigenvalue weighted by Gasteiger charge is -2.31. The molecule has 0 aromatic heterocycles. The Morgan fingerprint density at radius 1 is 1.07 bits per heavy atom. The summed E-state index contributed by atoms with van der Waals surface area (Å²) < 4.78 is 6.09. The average Bonchev–Trinajstić information content (AvgIpc) is 2.28. The second-order valence-corrected chi connectivity index (χ2v) is 4.61. The van der Waals surface area contributed by atoms with Gasteiger partial charge in [-0.3, -0.25) is 0 Å². The molecule has 0 aromatic carbocycles. The molecular weight excluding hydrogens is 186 g/mol. The summed E-state index contributed by atoms with van der Waals surface area (Å²) in [6.07, 6.45) is 8.41. The van der Waals surface area contributed by atoms with Gasteiger partial charge in [0, 0.05) is 6.04 Å².